The zero-order valence-electron chi connectivity index (χ0n) is 10.7. The Morgan fingerprint density at radius 3 is 2.45 bits per heavy atom. The Hall–Kier alpha value is -2.18. The molecular formula is C13H12F3N3O. The summed E-state index contributed by atoms with van der Waals surface area (Å²) in [7, 11) is 0. The van der Waals surface area contributed by atoms with Crippen LogP contribution in [0.2, 0.25) is 0 Å². The molecule has 0 radical (unpaired) electrons. The molecule has 1 heterocycles. The van der Waals surface area contributed by atoms with Crippen molar-refractivity contribution in [3.8, 4) is 0 Å². The smallest absolute Gasteiger partial charge is 0.287 e. The molecule has 4 nitrogen and oxygen atoms in total. The molecule has 1 aromatic heterocycles. The highest BCUT2D eigenvalue weighted by atomic mass is 19.4. The van der Waals surface area contributed by atoms with Crippen molar-refractivity contribution in [3.05, 3.63) is 47.3 Å². The van der Waals surface area contributed by atoms with Gasteiger partial charge in [0.15, 0.2) is 0 Å². The summed E-state index contributed by atoms with van der Waals surface area (Å²) in [6, 6.07) is 4.10. The van der Waals surface area contributed by atoms with Gasteiger partial charge in [-0.3, -0.25) is 4.79 Å². The van der Waals surface area contributed by atoms with Gasteiger partial charge in [-0.25, -0.2) is 4.68 Å². The molecular weight excluding hydrogens is 271 g/mol. The zero-order valence-corrected chi connectivity index (χ0v) is 10.7. The summed E-state index contributed by atoms with van der Waals surface area (Å²) in [6.07, 6.45) is -2.32. The monoisotopic (exact) mass is 283 g/mol. The second-order valence-corrected chi connectivity index (χ2v) is 4.25. The quantitative estimate of drug-likeness (QED) is 0.810. The van der Waals surface area contributed by atoms with Crippen LogP contribution in [-0.4, -0.2) is 20.8 Å². The van der Waals surface area contributed by atoms with Crippen molar-refractivity contribution in [2.24, 2.45) is 0 Å². The summed E-state index contributed by atoms with van der Waals surface area (Å²) in [5.41, 5.74) is -0.335. The third kappa shape index (κ3) is 2.87. The highest BCUT2D eigenvalue weighted by Gasteiger charge is 2.30. The maximum absolute atomic E-state index is 12.4. The second-order valence-electron chi connectivity index (χ2n) is 4.25. The summed E-state index contributed by atoms with van der Waals surface area (Å²) < 4.78 is 38.8. The van der Waals surface area contributed by atoms with Crippen LogP contribution in [0.1, 0.15) is 35.0 Å². The molecule has 0 atom stereocenters. The van der Waals surface area contributed by atoms with Crippen molar-refractivity contribution in [2.45, 2.75) is 26.1 Å². The first kappa shape index (κ1) is 14.2. The molecule has 2 rings (SSSR count). The predicted octanol–water partition coefficient (Wildman–Crippen LogP) is 2.94. The van der Waals surface area contributed by atoms with E-state index in [1.165, 1.54) is 10.9 Å². The summed E-state index contributed by atoms with van der Waals surface area (Å²) in [6.45, 7) is 2.45. The highest BCUT2D eigenvalue weighted by molar-refractivity contribution is 6.07. The van der Waals surface area contributed by atoms with Gasteiger partial charge < -0.3 is 0 Å². The highest BCUT2D eigenvalue weighted by Crippen LogP contribution is 2.29. The van der Waals surface area contributed by atoms with Gasteiger partial charge >= 0.3 is 6.18 Å². The molecule has 0 N–H and O–H groups in total. The van der Waals surface area contributed by atoms with Crippen LogP contribution in [0.5, 0.6) is 0 Å². The Bertz CT molecular complexity index is 602. The lowest BCUT2D eigenvalue weighted by Gasteiger charge is -2.07. The fourth-order valence-electron chi connectivity index (χ4n) is 1.77. The van der Waals surface area contributed by atoms with E-state index in [0.29, 0.717) is 6.54 Å². The minimum atomic E-state index is -4.41. The predicted molar refractivity (Wildman–Crippen MR) is 65.2 cm³/mol. The number of hydrogen-bond acceptors (Lipinski definition) is 3. The van der Waals surface area contributed by atoms with E-state index in [2.05, 4.69) is 10.3 Å². The number of carbonyl (C=O) groups excluding carboxylic acids is 1. The molecule has 0 aliphatic carbocycles. The van der Waals surface area contributed by atoms with Crippen molar-refractivity contribution in [3.63, 3.8) is 0 Å². The van der Waals surface area contributed by atoms with Crippen molar-refractivity contribution in [1.29, 1.82) is 0 Å². The van der Waals surface area contributed by atoms with E-state index in [1.807, 2.05) is 6.92 Å². The fourth-order valence-corrected chi connectivity index (χ4v) is 1.77. The molecule has 0 amide bonds. The van der Waals surface area contributed by atoms with Gasteiger partial charge in [-0.05, 0) is 18.6 Å². The number of ketones is 1. The lowest BCUT2D eigenvalue weighted by atomic mass is 10.1. The Morgan fingerprint density at radius 2 is 1.90 bits per heavy atom. The van der Waals surface area contributed by atoms with E-state index in [9.17, 15) is 18.0 Å². The van der Waals surface area contributed by atoms with Gasteiger partial charge in [-0.2, -0.15) is 13.2 Å². The minimum absolute atomic E-state index is 0.178. The van der Waals surface area contributed by atoms with Gasteiger partial charge in [0.2, 0.25) is 5.78 Å². The van der Waals surface area contributed by atoms with Crippen molar-refractivity contribution < 1.29 is 18.0 Å². The summed E-state index contributed by atoms with van der Waals surface area (Å²) in [4.78, 5) is 12.2. The number of benzene rings is 1. The molecule has 0 bridgehead atoms. The molecule has 106 valence electrons. The maximum atomic E-state index is 12.4. The number of rotatable bonds is 4. The largest absolute Gasteiger partial charge is 0.416 e. The average molecular weight is 283 g/mol. The van der Waals surface area contributed by atoms with Crippen molar-refractivity contribution in [1.82, 2.24) is 15.0 Å². The standard InChI is InChI=1S/C13H12F3N3O/c1-2-7-19-11(8-17-18-19)12(20)9-3-5-10(6-4-9)13(14,15)16/h3-6,8H,2,7H2,1H3. The number of alkyl halides is 3. The fraction of sp³-hybridized carbons (Fsp3) is 0.308. The van der Waals surface area contributed by atoms with Gasteiger partial charge in [0.1, 0.15) is 5.69 Å². The van der Waals surface area contributed by atoms with Crippen LogP contribution in [-0.2, 0) is 12.7 Å². The lowest BCUT2D eigenvalue weighted by Crippen LogP contribution is -2.12. The number of aromatic nitrogens is 3. The van der Waals surface area contributed by atoms with Crippen molar-refractivity contribution in [2.75, 3.05) is 0 Å². The van der Waals surface area contributed by atoms with E-state index >= 15 is 0 Å². The molecule has 0 fully saturated rings. The van der Waals surface area contributed by atoms with Crippen LogP contribution in [0.15, 0.2) is 30.5 Å². The summed E-state index contributed by atoms with van der Waals surface area (Å²) >= 11 is 0. The average Bonchev–Trinajstić information content (AvgIpc) is 2.86. The van der Waals surface area contributed by atoms with Crippen LogP contribution in [0.4, 0.5) is 13.2 Å². The topological polar surface area (TPSA) is 47.8 Å². The second kappa shape index (κ2) is 5.44. The molecule has 7 heteroatoms. The van der Waals surface area contributed by atoms with Crippen LogP contribution < -0.4 is 0 Å². The molecule has 0 spiro atoms. The third-order valence-electron chi connectivity index (χ3n) is 2.76. The zero-order chi connectivity index (χ0) is 14.8. The number of hydrogen-bond donors (Lipinski definition) is 0. The molecule has 0 aliphatic heterocycles. The van der Waals surface area contributed by atoms with Crippen LogP contribution >= 0.6 is 0 Å². The van der Waals surface area contributed by atoms with Gasteiger partial charge in [-0.1, -0.05) is 24.3 Å². The van der Waals surface area contributed by atoms with Gasteiger partial charge in [0.05, 0.1) is 11.8 Å². The first-order valence-corrected chi connectivity index (χ1v) is 6.04. The molecule has 0 unspecified atom stereocenters. The Balaban J connectivity index is 2.27. The molecule has 0 saturated carbocycles. The maximum Gasteiger partial charge on any atom is 0.416 e. The molecule has 1 aromatic carbocycles. The number of aryl methyl sites for hydroxylation is 1. The number of nitrogens with zero attached hydrogens (tertiary/aromatic N) is 3. The summed E-state index contributed by atoms with van der Waals surface area (Å²) in [5, 5.41) is 7.43. The van der Waals surface area contributed by atoms with Crippen molar-refractivity contribution >= 4 is 5.78 Å². The van der Waals surface area contributed by atoms with E-state index in [4.69, 9.17) is 0 Å². The number of carbonyl (C=O) groups is 1. The first-order valence-electron chi connectivity index (χ1n) is 6.04. The Labute approximate surface area is 113 Å². The third-order valence-corrected chi connectivity index (χ3v) is 2.76. The minimum Gasteiger partial charge on any atom is -0.287 e. The van der Waals surface area contributed by atoms with Gasteiger partial charge in [0.25, 0.3) is 0 Å². The molecule has 0 saturated heterocycles. The normalized spacial score (nSPS) is 11.6. The lowest BCUT2D eigenvalue weighted by molar-refractivity contribution is -0.137. The molecule has 2 aromatic rings. The molecule has 0 aliphatic rings. The van der Waals surface area contributed by atoms with E-state index in [1.54, 1.807) is 0 Å². The van der Waals surface area contributed by atoms with Crippen LogP contribution in [0.3, 0.4) is 0 Å². The van der Waals surface area contributed by atoms with E-state index in [-0.39, 0.29) is 11.3 Å². The SMILES string of the molecule is CCCn1nncc1C(=O)c1ccc(C(F)(F)F)cc1. The molecule has 20 heavy (non-hydrogen) atoms. The summed E-state index contributed by atoms with van der Waals surface area (Å²) in [5.74, 6) is -0.392. The first-order chi connectivity index (χ1) is 9.43. The Kier molecular flexibility index (Phi) is 3.87. The number of halogens is 3. The van der Waals surface area contributed by atoms with Gasteiger partial charge in [0, 0.05) is 12.1 Å². The van der Waals surface area contributed by atoms with Crippen LogP contribution in [0.25, 0.3) is 0 Å². The van der Waals surface area contributed by atoms with E-state index < -0.39 is 17.5 Å². The van der Waals surface area contributed by atoms with E-state index in [0.717, 1.165) is 30.7 Å². The van der Waals surface area contributed by atoms with Crippen LogP contribution in [0, 0.1) is 0 Å². The van der Waals surface area contributed by atoms with Gasteiger partial charge in [-0.15, -0.1) is 5.10 Å². The Morgan fingerprint density at radius 1 is 1.25 bits per heavy atom.